The molecule has 43 heavy (non-hydrogen) atoms. The maximum Gasteiger partial charge on any atom is 0.407 e. The first-order chi connectivity index (χ1) is 20.1. The zero-order valence-corrected chi connectivity index (χ0v) is 25.9. The van der Waals surface area contributed by atoms with Gasteiger partial charge in [-0.25, -0.2) is 26.4 Å². The summed E-state index contributed by atoms with van der Waals surface area (Å²) in [5, 5.41) is 25.4. The van der Waals surface area contributed by atoms with Gasteiger partial charge < -0.3 is 10.1 Å². The highest BCUT2D eigenvalue weighted by molar-refractivity contribution is 7.89. The molecule has 0 fully saturated rings. The van der Waals surface area contributed by atoms with Gasteiger partial charge in [-0.3, -0.25) is 20.2 Å². The highest BCUT2D eigenvalue weighted by Gasteiger charge is 2.31. The van der Waals surface area contributed by atoms with Crippen molar-refractivity contribution in [2.45, 2.75) is 68.3 Å². The van der Waals surface area contributed by atoms with Crippen LogP contribution in [0.2, 0.25) is 0 Å². The van der Waals surface area contributed by atoms with Crippen molar-refractivity contribution in [2.75, 3.05) is 26.2 Å². The lowest BCUT2D eigenvalue weighted by atomic mass is 10.2. The zero-order valence-electron chi connectivity index (χ0n) is 24.2. The van der Waals surface area contributed by atoms with Gasteiger partial charge in [-0.2, -0.15) is 4.31 Å². The summed E-state index contributed by atoms with van der Waals surface area (Å²) >= 11 is 0. The van der Waals surface area contributed by atoms with Crippen LogP contribution in [0.3, 0.4) is 0 Å². The molecule has 1 amide bonds. The van der Waals surface area contributed by atoms with Crippen molar-refractivity contribution in [1.29, 1.82) is 0 Å². The Balaban J connectivity index is 2.05. The number of carbonyl (C=O) groups excluding carboxylic acids is 1. The number of ether oxygens (including phenoxy) is 1. The monoisotopic (exact) mass is 643 g/mol. The third kappa shape index (κ3) is 11.2. The van der Waals surface area contributed by atoms with Crippen LogP contribution in [0.5, 0.6) is 0 Å². The quantitative estimate of drug-likeness (QED) is 0.144. The molecule has 2 N–H and O–H groups in total. The fourth-order valence-corrected chi connectivity index (χ4v) is 6.88. The van der Waals surface area contributed by atoms with Gasteiger partial charge in [0, 0.05) is 38.3 Å². The van der Waals surface area contributed by atoms with Crippen LogP contribution in [-0.4, -0.2) is 68.9 Å². The predicted octanol–water partition coefficient (Wildman–Crippen LogP) is 3.95. The highest BCUT2D eigenvalue weighted by atomic mass is 32.2. The van der Waals surface area contributed by atoms with Crippen molar-refractivity contribution in [2.24, 2.45) is 0 Å². The first-order valence-electron chi connectivity index (χ1n) is 13.5. The van der Waals surface area contributed by atoms with Crippen LogP contribution < -0.4 is 10.0 Å². The van der Waals surface area contributed by atoms with E-state index >= 15 is 0 Å². The number of carbonyl (C=O) groups is 1. The number of rotatable bonds is 17. The van der Waals surface area contributed by atoms with Crippen molar-refractivity contribution in [1.82, 2.24) is 14.3 Å². The lowest BCUT2D eigenvalue weighted by molar-refractivity contribution is -0.388. The number of amides is 1. The molecule has 17 heteroatoms. The van der Waals surface area contributed by atoms with Gasteiger partial charge in [-0.1, -0.05) is 37.1 Å². The van der Waals surface area contributed by atoms with Crippen LogP contribution in [0.4, 0.5) is 16.2 Å². The second kappa shape index (κ2) is 15.7. The number of hydrogen-bond donors (Lipinski definition) is 2. The number of sulfonamides is 2. The second-order valence-corrected chi connectivity index (χ2v) is 14.1. The number of alkyl carbamates (subject to hydrolysis) is 1. The summed E-state index contributed by atoms with van der Waals surface area (Å²) in [6.45, 7) is 5.21. The topological polar surface area (TPSA) is 208 Å². The Labute approximate surface area is 251 Å². The van der Waals surface area contributed by atoms with Crippen molar-refractivity contribution < 1.29 is 36.2 Å². The molecule has 0 bridgehead atoms. The van der Waals surface area contributed by atoms with Gasteiger partial charge in [0.15, 0.2) is 9.79 Å². The largest absolute Gasteiger partial charge is 0.444 e. The van der Waals surface area contributed by atoms with Crippen LogP contribution in [0.25, 0.3) is 0 Å². The van der Waals surface area contributed by atoms with Crippen molar-refractivity contribution in [3.63, 3.8) is 0 Å². The molecule has 0 aromatic heterocycles. The zero-order chi connectivity index (χ0) is 32.3. The van der Waals surface area contributed by atoms with Crippen LogP contribution in [0.1, 0.15) is 52.9 Å². The molecule has 2 aromatic rings. The Morgan fingerprint density at radius 2 is 1.30 bits per heavy atom. The van der Waals surface area contributed by atoms with E-state index in [4.69, 9.17) is 4.74 Å². The molecule has 0 saturated heterocycles. The Bertz CT molecular complexity index is 1490. The number of hydrogen-bond acceptors (Lipinski definition) is 10. The summed E-state index contributed by atoms with van der Waals surface area (Å²) in [6, 6.07) is 9.78. The SMILES string of the molecule is CC(C)(C)OC(=O)NCCCCCCN(CCCNS(=O)(=O)c1ccccc1[N+](=O)[O-])S(=O)(=O)c1ccccc1[N+](=O)[O-]. The number of benzene rings is 2. The summed E-state index contributed by atoms with van der Waals surface area (Å²) < 4.78 is 60.9. The van der Waals surface area contributed by atoms with Crippen LogP contribution in [-0.2, 0) is 24.8 Å². The lowest BCUT2D eigenvalue weighted by Gasteiger charge is -2.22. The molecule has 0 atom stereocenters. The molecule has 2 rings (SSSR count). The normalized spacial score (nSPS) is 12.2. The van der Waals surface area contributed by atoms with Crippen molar-refractivity contribution >= 4 is 37.5 Å². The minimum atomic E-state index is -4.34. The van der Waals surface area contributed by atoms with E-state index in [9.17, 15) is 41.9 Å². The third-order valence-electron chi connectivity index (χ3n) is 5.91. The summed E-state index contributed by atoms with van der Waals surface area (Å²) in [5.41, 5.74) is -1.80. The molecule has 0 aliphatic heterocycles. The van der Waals surface area contributed by atoms with Crippen LogP contribution in [0.15, 0.2) is 58.3 Å². The number of para-hydroxylation sites is 2. The minimum Gasteiger partial charge on any atom is -0.444 e. The van der Waals surface area contributed by atoms with E-state index in [1.54, 1.807) is 20.8 Å². The van der Waals surface area contributed by atoms with E-state index in [1.165, 1.54) is 24.3 Å². The number of unbranched alkanes of at least 4 members (excludes halogenated alkanes) is 3. The summed E-state index contributed by atoms with van der Waals surface area (Å²) in [4.78, 5) is 31.9. The standard InChI is InChI=1S/C26H37N5O10S2/c1-26(2,3)41-25(32)27-17-10-4-5-11-19-29(43(39,40)24-16-9-7-14-22(24)31(35)36)20-12-18-28-42(37,38)23-15-8-6-13-21(23)30(33)34/h6-9,13-16,28H,4-5,10-12,17-20H2,1-3H3,(H,27,32). The molecule has 0 aliphatic rings. The van der Waals surface area contributed by atoms with E-state index in [-0.39, 0.29) is 26.1 Å². The maximum atomic E-state index is 13.5. The number of nitrogens with one attached hydrogen (secondary N) is 2. The molecular weight excluding hydrogens is 606 g/mol. The van der Waals surface area contributed by atoms with Gasteiger partial charge in [0.05, 0.1) is 9.85 Å². The Kier molecular flexibility index (Phi) is 13.0. The van der Waals surface area contributed by atoms with Gasteiger partial charge in [0.25, 0.3) is 11.4 Å². The van der Waals surface area contributed by atoms with Gasteiger partial charge in [-0.05, 0) is 52.2 Å². The summed E-state index contributed by atoms with van der Waals surface area (Å²) in [6.07, 6.45) is 1.71. The fraction of sp³-hybridized carbons (Fsp3) is 0.500. The molecule has 0 radical (unpaired) electrons. The van der Waals surface area contributed by atoms with Gasteiger partial charge >= 0.3 is 6.09 Å². The highest BCUT2D eigenvalue weighted by Crippen LogP contribution is 2.27. The van der Waals surface area contributed by atoms with Crippen molar-refractivity contribution in [3.05, 3.63) is 68.8 Å². The number of nitro benzene ring substituents is 2. The molecule has 0 spiro atoms. The van der Waals surface area contributed by atoms with Gasteiger partial charge in [0.2, 0.25) is 20.0 Å². The number of nitro groups is 2. The van der Waals surface area contributed by atoms with E-state index in [1.807, 2.05) is 0 Å². The second-order valence-electron chi connectivity index (χ2n) is 10.4. The third-order valence-corrected chi connectivity index (χ3v) is 9.36. The average molecular weight is 644 g/mol. The average Bonchev–Trinajstić information content (AvgIpc) is 2.92. The first-order valence-corrected chi connectivity index (χ1v) is 16.4. The van der Waals surface area contributed by atoms with Crippen molar-refractivity contribution in [3.8, 4) is 0 Å². The molecule has 2 aromatic carbocycles. The van der Waals surface area contributed by atoms with E-state index < -0.39 is 62.8 Å². The van der Waals surface area contributed by atoms with Crippen LogP contribution >= 0.6 is 0 Å². The molecular formula is C26H37N5O10S2. The maximum absolute atomic E-state index is 13.5. The predicted molar refractivity (Wildman–Crippen MR) is 157 cm³/mol. The summed E-state index contributed by atoms with van der Waals surface area (Å²) in [7, 11) is -8.61. The molecule has 238 valence electrons. The molecule has 0 heterocycles. The number of nitrogens with zero attached hydrogens (tertiary/aromatic N) is 3. The first kappa shape index (κ1) is 35.5. The summed E-state index contributed by atoms with van der Waals surface area (Å²) in [5.74, 6) is 0. The molecule has 15 nitrogen and oxygen atoms in total. The van der Waals surface area contributed by atoms with E-state index in [0.717, 1.165) is 28.6 Å². The smallest absolute Gasteiger partial charge is 0.407 e. The molecule has 0 aliphatic carbocycles. The molecule has 0 saturated carbocycles. The minimum absolute atomic E-state index is 0.00475. The Morgan fingerprint density at radius 3 is 1.88 bits per heavy atom. The molecule has 0 unspecified atom stereocenters. The van der Waals surface area contributed by atoms with E-state index in [2.05, 4.69) is 10.0 Å². The fourth-order valence-electron chi connectivity index (χ4n) is 3.96. The Hall–Kier alpha value is -3.67. The van der Waals surface area contributed by atoms with Gasteiger partial charge in [-0.15, -0.1) is 0 Å². The Morgan fingerprint density at radius 1 is 0.791 bits per heavy atom. The van der Waals surface area contributed by atoms with E-state index in [0.29, 0.717) is 32.2 Å². The lowest BCUT2D eigenvalue weighted by Crippen LogP contribution is -2.35. The van der Waals surface area contributed by atoms with Crippen LogP contribution in [0, 0.1) is 20.2 Å². The van der Waals surface area contributed by atoms with Gasteiger partial charge in [0.1, 0.15) is 5.60 Å².